The second-order valence-corrected chi connectivity index (χ2v) is 3.83. The first-order valence-corrected chi connectivity index (χ1v) is 5.26. The third-order valence-electron chi connectivity index (χ3n) is 2.18. The maximum Gasteiger partial charge on any atom is 0.124 e. The number of nitrogens with two attached hydrogens (primary N) is 1. The van der Waals surface area contributed by atoms with Crippen LogP contribution in [0, 0.1) is 0 Å². The van der Waals surface area contributed by atoms with E-state index in [1.165, 1.54) is 0 Å². The molecule has 0 atom stereocenters. The van der Waals surface area contributed by atoms with Crippen LogP contribution in [0.3, 0.4) is 0 Å². The molecule has 15 heavy (non-hydrogen) atoms. The molecule has 0 aromatic heterocycles. The number of halogens is 1. The van der Waals surface area contributed by atoms with Gasteiger partial charge in [-0.3, -0.25) is 0 Å². The molecule has 1 aromatic rings. The summed E-state index contributed by atoms with van der Waals surface area (Å²) in [6.07, 6.45) is 1.57. The molecular formula is C11H16ClNO2. The molecule has 3 N–H and O–H groups in total. The van der Waals surface area contributed by atoms with Gasteiger partial charge in [0, 0.05) is 17.7 Å². The summed E-state index contributed by atoms with van der Waals surface area (Å²) in [4.78, 5) is 0. The summed E-state index contributed by atoms with van der Waals surface area (Å²) in [5.74, 6) is 0.273. The van der Waals surface area contributed by atoms with Gasteiger partial charge in [0.2, 0.25) is 0 Å². The number of phenols is 1. The van der Waals surface area contributed by atoms with Crippen molar-refractivity contribution in [2.45, 2.75) is 19.4 Å². The van der Waals surface area contributed by atoms with E-state index in [0.717, 1.165) is 24.0 Å². The van der Waals surface area contributed by atoms with Crippen LogP contribution in [0.4, 0.5) is 0 Å². The molecule has 0 heterocycles. The smallest absolute Gasteiger partial charge is 0.124 e. The van der Waals surface area contributed by atoms with E-state index in [2.05, 4.69) is 0 Å². The molecule has 0 aliphatic carbocycles. The van der Waals surface area contributed by atoms with Crippen molar-refractivity contribution < 1.29 is 9.84 Å². The number of methoxy groups -OCH3 is 1. The van der Waals surface area contributed by atoms with Gasteiger partial charge in [-0.15, -0.1) is 0 Å². The van der Waals surface area contributed by atoms with Crippen LogP contribution in [0.1, 0.15) is 17.5 Å². The molecule has 0 radical (unpaired) electrons. The van der Waals surface area contributed by atoms with Crippen LogP contribution >= 0.6 is 11.6 Å². The van der Waals surface area contributed by atoms with Crippen LogP contribution in [0.25, 0.3) is 0 Å². The van der Waals surface area contributed by atoms with Gasteiger partial charge < -0.3 is 15.6 Å². The Morgan fingerprint density at radius 3 is 2.67 bits per heavy atom. The van der Waals surface area contributed by atoms with Crippen LogP contribution < -0.4 is 5.73 Å². The maximum atomic E-state index is 9.89. The second kappa shape index (κ2) is 5.95. The highest BCUT2D eigenvalue weighted by atomic mass is 35.5. The molecule has 0 saturated heterocycles. The normalized spacial score (nSPS) is 10.6. The number of rotatable bonds is 5. The van der Waals surface area contributed by atoms with Crippen molar-refractivity contribution in [3.05, 3.63) is 28.3 Å². The molecule has 0 amide bonds. The number of aryl methyl sites for hydroxylation is 1. The SMILES string of the molecule is COCc1cc(Cl)cc(CCCN)c1O. The minimum absolute atomic E-state index is 0.273. The summed E-state index contributed by atoms with van der Waals surface area (Å²) in [6.45, 7) is 0.966. The first-order chi connectivity index (χ1) is 7.19. The van der Waals surface area contributed by atoms with Crippen molar-refractivity contribution in [3.63, 3.8) is 0 Å². The molecule has 0 saturated carbocycles. The third-order valence-corrected chi connectivity index (χ3v) is 2.40. The van der Waals surface area contributed by atoms with Crippen LogP contribution in [-0.4, -0.2) is 18.8 Å². The Morgan fingerprint density at radius 1 is 1.40 bits per heavy atom. The van der Waals surface area contributed by atoms with E-state index < -0.39 is 0 Å². The lowest BCUT2D eigenvalue weighted by Crippen LogP contribution is -2.01. The van der Waals surface area contributed by atoms with E-state index in [1.54, 1.807) is 19.2 Å². The van der Waals surface area contributed by atoms with Crippen molar-refractivity contribution in [2.24, 2.45) is 5.73 Å². The van der Waals surface area contributed by atoms with Gasteiger partial charge >= 0.3 is 0 Å². The zero-order valence-electron chi connectivity index (χ0n) is 8.79. The summed E-state index contributed by atoms with van der Waals surface area (Å²) in [5.41, 5.74) is 6.97. The van der Waals surface area contributed by atoms with Crippen molar-refractivity contribution in [2.75, 3.05) is 13.7 Å². The quantitative estimate of drug-likeness (QED) is 0.813. The van der Waals surface area contributed by atoms with Gasteiger partial charge in [-0.1, -0.05) is 11.6 Å². The molecule has 1 aromatic carbocycles. The number of ether oxygens (including phenoxy) is 1. The molecule has 0 unspecified atom stereocenters. The third kappa shape index (κ3) is 3.38. The van der Waals surface area contributed by atoms with Crippen molar-refractivity contribution in [1.82, 2.24) is 0 Å². The summed E-state index contributed by atoms with van der Waals surface area (Å²) < 4.78 is 4.98. The van der Waals surface area contributed by atoms with E-state index in [0.29, 0.717) is 18.2 Å². The van der Waals surface area contributed by atoms with Crippen molar-refractivity contribution >= 4 is 11.6 Å². The van der Waals surface area contributed by atoms with Gasteiger partial charge in [0.1, 0.15) is 5.75 Å². The van der Waals surface area contributed by atoms with Crippen molar-refractivity contribution in [3.8, 4) is 5.75 Å². The van der Waals surface area contributed by atoms with Gasteiger partial charge in [0.05, 0.1) is 6.61 Å². The lowest BCUT2D eigenvalue weighted by Gasteiger charge is -2.10. The Labute approximate surface area is 94.8 Å². The van der Waals surface area contributed by atoms with Gasteiger partial charge in [0.15, 0.2) is 0 Å². The first-order valence-electron chi connectivity index (χ1n) is 4.88. The Bertz CT molecular complexity index is 329. The molecule has 4 heteroatoms. The van der Waals surface area contributed by atoms with E-state index in [-0.39, 0.29) is 5.75 Å². The predicted molar refractivity (Wildman–Crippen MR) is 61.2 cm³/mol. The largest absolute Gasteiger partial charge is 0.507 e. The monoisotopic (exact) mass is 229 g/mol. The fourth-order valence-corrected chi connectivity index (χ4v) is 1.73. The van der Waals surface area contributed by atoms with Crippen LogP contribution in [0.15, 0.2) is 12.1 Å². The molecule has 84 valence electrons. The highest BCUT2D eigenvalue weighted by Crippen LogP contribution is 2.28. The van der Waals surface area contributed by atoms with Gasteiger partial charge in [-0.2, -0.15) is 0 Å². The highest BCUT2D eigenvalue weighted by Gasteiger charge is 2.08. The van der Waals surface area contributed by atoms with Gasteiger partial charge in [-0.25, -0.2) is 0 Å². The Balaban J connectivity index is 2.93. The minimum Gasteiger partial charge on any atom is -0.507 e. The van der Waals surface area contributed by atoms with E-state index in [4.69, 9.17) is 22.1 Å². The molecule has 1 rings (SSSR count). The van der Waals surface area contributed by atoms with E-state index in [9.17, 15) is 5.11 Å². The molecule has 0 fully saturated rings. The average Bonchev–Trinajstić information content (AvgIpc) is 2.21. The molecule has 0 aliphatic heterocycles. The Hall–Kier alpha value is -0.770. The lowest BCUT2D eigenvalue weighted by molar-refractivity contribution is 0.182. The second-order valence-electron chi connectivity index (χ2n) is 3.40. The van der Waals surface area contributed by atoms with E-state index in [1.807, 2.05) is 0 Å². The Morgan fingerprint density at radius 2 is 2.07 bits per heavy atom. The summed E-state index contributed by atoms with van der Waals surface area (Å²) in [7, 11) is 1.58. The summed E-state index contributed by atoms with van der Waals surface area (Å²) in [5, 5.41) is 10.5. The molecule has 0 bridgehead atoms. The van der Waals surface area contributed by atoms with E-state index >= 15 is 0 Å². The number of phenolic OH excluding ortho intramolecular Hbond substituents is 1. The molecule has 3 nitrogen and oxygen atoms in total. The Kier molecular flexibility index (Phi) is 4.88. The molecular weight excluding hydrogens is 214 g/mol. The van der Waals surface area contributed by atoms with Gasteiger partial charge in [-0.05, 0) is 37.1 Å². The topological polar surface area (TPSA) is 55.5 Å². The van der Waals surface area contributed by atoms with Crippen molar-refractivity contribution in [1.29, 1.82) is 0 Å². The average molecular weight is 230 g/mol. The zero-order chi connectivity index (χ0) is 11.3. The summed E-state index contributed by atoms with van der Waals surface area (Å²) >= 11 is 5.94. The van der Waals surface area contributed by atoms with Crippen LogP contribution in [-0.2, 0) is 17.8 Å². The highest BCUT2D eigenvalue weighted by molar-refractivity contribution is 6.30. The zero-order valence-corrected chi connectivity index (χ0v) is 9.55. The minimum atomic E-state index is 0.273. The molecule has 0 spiro atoms. The number of hydrogen-bond acceptors (Lipinski definition) is 3. The summed E-state index contributed by atoms with van der Waals surface area (Å²) in [6, 6.07) is 3.48. The fraction of sp³-hybridized carbons (Fsp3) is 0.455. The predicted octanol–water partition coefficient (Wildman–Crippen LogP) is 2.08. The fourth-order valence-electron chi connectivity index (χ4n) is 1.47. The van der Waals surface area contributed by atoms with Crippen LogP contribution in [0.5, 0.6) is 5.75 Å². The van der Waals surface area contributed by atoms with Gasteiger partial charge in [0.25, 0.3) is 0 Å². The number of benzene rings is 1. The maximum absolute atomic E-state index is 9.89. The number of hydrogen-bond donors (Lipinski definition) is 2. The number of aromatic hydroxyl groups is 1. The lowest BCUT2D eigenvalue weighted by atomic mass is 10.0. The molecule has 0 aliphatic rings. The first kappa shape index (κ1) is 12.3. The van der Waals surface area contributed by atoms with Crippen LogP contribution in [0.2, 0.25) is 5.02 Å². The standard InChI is InChI=1S/C11H16ClNO2/c1-15-7-9-6-10(12)5-8(11(9)14)3-2-4-13/h5-6,14H,2-4,7,13H2,1H3.